The first kappa shape index (κ1) is 19.1. The first-order chi connectivity index (χ1) is 7.63. The standard InChI is InChI=1S/C8H11.C5H5.CH3N.Fe.H2I/c1-6-4-5-7(2)8(6)3;1-2-4-5-3-1;1-2;;/h4-5H,1-3H3;1-5H;1H,2H2;;1H2/q2*-1;;+2;+1. The SMILES string of the molecule is Cc1cc[c-](C)c1C.N[CH]=[Fe+2].[IH2+].c1cc[cH-]c1. The van der Waals surface area contributed by atoms with E-state index in [-0.39, 0.29) is 24.0 Å². The molecule has 0 amide bonds. The van der Waals surface area contributed by atoms with E-state index in [0.29, 0.717) is 0 Å². The number of aryl methyl sites for hydroxylation is 2. The molecule has 0 aliphatic heterocycles. The third kappa shape index (κ3) is 9.48. The second-order valence-electron chi connectivity index (χ2n) is 3.40. The van der Waals surface area contributed by atoms with Gasteiger partial charge in [-0.3, -0.25) is 0 Å². The molecule has 17 heavy (non-hydrogen) atoms. The Hall–Kier alpha value is -0.221. The van der Waals surface area contributed by atoms with Gasteiger partial charge in [0, 0.05) is 0 Å². The molecule has 0 radical (unpaired) electrons. The largest absolute Gasteiger partial charge is 0.235 e. The topological polar surface area (TPSA) is 26.0 Å². The van der Waals surface area contributed by atoms with Crippen molar-refractivity contribution in [3.8, 4) is 0 Å². The van der Waals surface area contributed by atoms with Crippen molar-refractivity contribution in [2.24, 2.45) is 5.73 Å². The predicted molar refractivity (Wildman–Crippen MR) is 71.3 cm³/mol. The van der Waals surface area contributed by atoms with Crippen LogP contribution in [0.15, 0.2) is 42.5 Å². The normalized spacial score (nSPS) is 7.76. The minimum atomic E-state index is 0. The third-order valence-corrected chi connectivity index (χ3v) is 2.32. The van der Waals surface area contributed by atoms with Crippen LogP contribution < -0.4 is 29.7 Å². The van der Waals surface area contributed by atoms with Gasteiger partial charge in [-0.15, -0.1) is 0 Å². The van der Waals surface area contributed by atoms with Crippen LogP contribution in [0.5, 0.6) is 0 Å². The number of rotatable bonds is 0. The van der Waals surface area contributed by atoms with Gasteiger partial charge in [0.05, 0.1) is 0 Å². The maximum absolute atomic E-state index is 4.61. The molecule has 96 valence electrons. The molecule has 2 N–H and O–H groups in total. The van der Waals surface area contributed by atoms with Crippen LogP contribution in [0.25, 0.3) is 0 Å². The molecule has 0 aliphatic rings. The summed E-state index contributed by atoms with van der Waals surface area (Å²) in [6, 6.07) is 14.3. The van der Waals surface area contributed by atoms with Crippen molar-refractivity contribution >= 4 is 5.04 Å². The monoisotopic (exact) mass is 386 g/mol. The molecule has 1 nitrogen and oxygen atoms in total. The first-order valence-electron chi connectivity index (χ1n) is 5.11. The van der Waals surface area contributed by atoms with Crippen LogP contribution in [-0.4, -0.2) is 5.04 Å². The molecule has 0 heterocycles. The Bertz CT molecular complexity index is 340. The fraction of sp³-hybridized carbons (Fsp3) is 0.214. The summed E-state index contributed by atoms with van der Waals surface area (Å²) < 4.78 is 0. The molecule has 0 aliphatic carbocycles. The maximum Gasteiger partial charge on any atom is 0.235 e. The molecule has 2 rings (SSSR count). The summed E-state index contributed by atoms with van der Waals surface area (Å²) in [5.41, 5.74) is 8.86. The Balaban J connectivity index is 0. The summed E-state index contributed by atoms with van der Waals surface area (Å²) in [4.78, 5) is 0. The van der Waals surface area contributed by atoms with E-state index in [2.05, 4.69) is 54.2 Å². The van der Waals surface area contributed by atoms with E-state index in [1.54, 1.807) is 0 Å². The summed E-state index contributed by atoms with van der Waals surface area (Å²) in [5, 5.41) is 1.25. The quantitative estimate of drug-likeness (QED) is 0.368. The average molecular weight is 386 g/mol. The second-order valence-corrected chi connectivity index (χ2v) is 3.77. The van der Waals surface area contributed by atoms with Gasteiger partial charge in [0.2, 0.25) is 24.0 Å². The molecule has 3 heteroatoms. The maximum atomic E-state index is 4.61. The van der Waals surface area contributed by atoms with Crippen molar-refractivity contribution in [1.29, 1.82) is 0 Å². The molecule has 0 spiro atoms. The fourth-order valence-corrected chi connectivity index (χ4v) is 1.13. The van der Waals surface area contributed by atoms with E-state index in [1.165, 1.54) is 21.7 Å². The Morgan fingerprint density at radius 3 is 1.88 bits per heavy atom. The summed E-state index contributed by atoms with van der Waals surface area (Å²) in [6.07, 6.45) is 0. The predicted octanol–water partition coefficient (Wildman–Crippen LogP) is -0.544. The van der Waals surface area contributed by atoms with Crippen LogP contribution in [-0.2, 0) is 15.6 Å². The first-order valence-corrected chi connectivity index (χ1v) is 5.75. The number of halogens is 1. The van der Waals surface area contributed by atoms with Gasteiger partial charge in [0.15, 0.2) is 0 Å². The molecule has 2 aromatic rings. The smallest absolute Gasteiger partial charge is 0.214 e. The molecular formula is C14H21FeIN+. The zero-order valence-corrected chi connectivity index (χ0v) is 14.2. The van der Waals surface area contributed by atoms with E-state index < -0.39 is 0 Å². The van der Waals surface area contributed by atoms with Gasteiger partial charge in [-0.25, -0.2) is 18.2 Å². The second kappa shape index (κ2) is 12.2. The van der Waals surface area contributed by atoms with Crippen LogP contribution >= 0.6 is 0 Å². The Labute approximate surface area is 130 Å². The van der Waals surface area contributed by atoms with Crippen molar-refractivity contribution in [3.63, 3.8) is 0 Å². The van der Waals surface area contributed by atoms with Crippen LogP contribution in [0.4, 0.5) is 0 Å². The third-order valence-electron chi connectivity index (χ3n) is 2.32. The van der Waals surface area contributed by atoms with E-state index in [1.807, 2.05) is 30.3 Å². The van der Waals surface area contributed by atoms with E-state index in [0.717, 1.165) is 0 Å². The minimum Gasteiger partial charge on any atom is -0.214 e. The summed E-state index contributed by atoms with van der Waals surface area (Å²) in [6.45, 7) is 6.44. The molecular weight excluding hydrogens is 365 g/mol. The summed E-state index contributed by atoms with van der Waals surface area (Å²) >= 11 is 3.14. The summed E-state index contributed by atoms with van der Waals surface area (Å²) in [7, 11) is 0. The van der Waals surface area contributed by atoms with Crippen molar-refractivity contribution < 1.29 is 39.6 Å². The van der Waals surface area contributed by atoms with Crippen LogP contribution in [0.3, 0.4) is 0 Å². The molecule has 0 fully saturated rings. The van der Waals surface area contributed by atoms with Gasteiger partial charge in [0.25, 0.3) is 0 Å². The molecule has 0 atom stereocenters. The van der Waals surface area contributed by atoms with Crippen LogP contribution in [0.1, 0.15) is 16.7 Å². The zero-order valence-electron chi connectivity index (χ0n) is 10.5. The Kier molecular flexibility index (Phi) is 13.8. The Morgan fingerprint density at radius 1 is 1.29 bits per heavy atom. The van der Waals surface area contributed by atoms with Crippen molar-refractivity contribution in [2.45, 2.75) is 20.8 Å². The fourth-order valence-electron chi connectivity index (χ4n) is 1.13. The zero-order chi connectivity index (χ0) is 12.4. The molecule has 2 aromatic carbocycles. The van der Waals surface area contributed by atoms with E-state index in [9.17, 15) is 0 Å². The van der Waals surface area contributed by atoms with E-state index >= 15 is 0 Å². The van der Waals surface area contributed by atoms with Crippen LogP contribution in [0, 0.1) is 20.8 Å². The van der Waals surface area contributed by atoms with Gasteiger partial charge in [-0.05, 0) is 0 Å². The van der Waals surface area contributed by atoms with Gasteiger partial charge < -0.3 is 0 Å². The number of nitrogens with two attached hydrogens (primary N) is 1. The molecule has 0 saturated heterocycles. The number of hydrogen-bond donors (Lipinski definition) is 1. The van der Waals surface area contributed by atoms with Crippen LogP contribution in [0.2, 0.25) is 0 Å². The van der Waals surface area contributed by atoms with Crippen molar-refractivity contribution in [2.75, 3.05) is 0 Å². The van der Waals surface area contributed by atoms with E-state index in [4.69, 9.17) is 0 Å². The molecule has 0 aromatic heterocycles. The van der Waals surface area contributed by atoms with Gasteiger partial charge >= 0.3 is 26.4 Å². The van der Waals surface area contributed by atoms with Gasteiger partial charge in [-0.2, -0.15) is 41.0 Å². The average Bonchev–Trinajstić information content (AvgIpc) is 2.90. The Morgan fingerprint density at radius 2 is 1.76 bits per heavy atom. The molecule has 0 saturated carbocycles. The van der Waals surface area contributed by atoms with Crippen molar-refractivity contribution in [3.05, 3.63) is 59.2 Å². The molecule has 0 unspecified atom stereocenters. The van der Waals surface area contributed by atoms with Gasteiger partial charge in [0.1, 0.15) is 0 Å². The minimum absolute atomic E-state index is 0. The van der Waals surface area contributed by atoms with Gasteiger partial charge in [-0.1, -0.05) is 20.8 Å². The summed E-state index contributed by atoms with van der Waals surface area (Å²) in [5.74, 6) is 0. The van der Waals surface area contributed by atoms with Crippen molar-refractivity contribution in [1.82, 2.24) is 0 Å². The molecule has 0 bridgehead atoms. The number of hydrogen-bond acceptors (Lipinski definition) is 1.